The van der Waals surface area contributed by atoms with Gasteiger partial charge in [-0.2, -0.15) is 13.2 Å². The Kier molecular flexibility index (Phi) is 3.98. The summed E-state index contributed by atoms with van der Waals surface area (Å²) in [6, 6.07) is 0. The van der Waals surface area contributed by atoms with E-state index < -0.39 is 17.6 Å². The lowest BCUT2D eigenvalue weighted by Crippen LogP contribution is -2.32. The lowest BCUT2D eigenvalue weighted by atomic mass is 9.85. The van der Waals surface area contributed by atoms with Crippen LogP contribution in [0.2, 0.25) is 0 Å². The molecule has 0 heterocycles. The summed E-state index contributed by atoms with van der Waals surface area (Å²) >= 11 is 0. The SMILES string of the molecule is COC1(C#CC(=O)C(F)(F)F)CCCCC1. The summed E-state index contributed by atoms with van der Waals surface area (Å²) in [6.07, 6.45) is -0.953. The van der Waals surface area contributed by atoms with E-state index in [0.717, 1.165) is 19.3 Å². The third-order valence-electron chi connectivity index (χ3n) is 2.71. The molecule has 2 nitrogen and oxygen atoms in total. The zero-order valence-electron chi connectivity index (χ0n) is 8.99. The number of ether oxygens (including phenoxy) is 1. The van der Waals surface area contributed by atoms with Crippen LogP contribution in [0.1, 0.15) is 32.1 Å². The monoisotopic (exact) mass is 234 g/mol. The van der Waals surface area contributed by atoms with Crippen LogP contribution in [-0.4, -0.2) is 24.7 Å². The summed E-state index contributed by atoms with van der Waals surface area (Å²) in [4.78, 5) is 10.6. The summed E-state index contributed by atoms with van der Waals surface area (Å²) in [5.74, 6) is 1.99. The van der Waals surface area contributed by atoms with Gasteiger partial charge < -0.3 is 4.74 Å². The van der Waals surface area contributed by atoms with Crippen molar-refractivity contribution < 1.29 is 22.7 Å². The van der Waals surface area contributed by atoms with E-state index in [1.54, 1.807) is 5.92 Å². The van der Waals surface area contributed by atoms with Crippen molar-refractivity contribution >= 4 is 5.78 Å². The third kappa shape index (κ3) is 3.24. The van der Waals surface area contributed by atoms with Crippen LogP contribution in [0.5, 0.6) is 0 Å². The number of methoxy groups -OCH3 is 1. The van der Waals surface area contributed by atoms with E-state index in [4.69, 9.17) is 4.74 Å². The number of carbonyl (C=O) groups is 1. The van der Waals surface area contributed by atoms with Crippen molar-refractivity contribution in [3.8, 4) is 11.8 Å². The van der Waals surface area contributed by atoms with Crippen LogP contribution in [0.15, 0.2) is 0 Å². The molecule has 0 spiro atoms. The van der Waals surface area contributed by atoms with Crippen LogP contribution in [0.4, 0.5) is 13.2 Å². The van der Waals surface area contributed by atoms with Gasteiger partial charge in [0.15, 0.2) is 0 Å². The fraction of sp³-hybridized carbons (Fsp3) is 0.727. The molecule has 0 aromatic heterocycles. The lowest BCUT2D eigenvalue weighted by molar-refractivity contribution is -0.164. The number of rotatable bonds is 1. The van der Waals surface area contributed by atoms with Crippen LogP contribution in [0.25, 0.3) is 0 Å². The fourth-order valence-electron chi connectivity index (χ4n) is 1.74. The number of hydrogen-bond donors (Lipinski definition) is 0. The largest absolute Gasteiger partial charge is 0.462 e. The molecule has 0 N–H and O–H groups in total. The van der Waals surface area contributed by atoms with Crippen LogP contribution in [-0.2, 0) is 9.53 Å². The minimum atomic E-state index is -4.88. The quantitative estimate of drug-likeness (QED) is 0.514. The van der Waals surface area contributed by atoms with E-state index in [9.17, 15) is 18.0 Å². The molecule has 1 aliphatic carbocycles. The molecule has 1 aliphatic rings. The second-order valence-electron chi connectivity index (χ2n) is 3.84. The van der Waals surface area contributed by atoms with Gasteiger partial charge in [0, 0.05) is 7.11 Å². The molecule has 0 atom stereocenters. The number of alkyl halides is 3. The maximum Gasteiger partial charge on any atom is 0.462 e. The van der Waals surface area contributed by atoms with Crippen molar-refractivity contribution in [3.63, 3.8) is 0 Å². The Morgan fingerprint density at radius 2 is 1.81 bits per heavy atom. The highest BCUT2D eigenvalue weighted by molar-refractivity contribution is 5.99. The molecule has 0 amide bonds. The standard InChI is InChI=1S/C11H13F3O2/c1-16-10(6-3-2-4-7-10)8-5-9(15)11(12,13)14/h2-4,6-7H2,1H3. The van der Waals surface area contributed by atoms with E-state index >= 15 is 0 Å². The molecule has 1 saturated carbocycles. The first-order valence-corrected chi connectivity index (χ1v) is 5.09. The Bertz CT molecular complexity index is 316. The molecule has 90 valence electrons. The summed E-state index contributed by atoms with van der Waals surface area (Å²) < 4.78 is 41.0. The van der Waals surface area contributed by atoms with E-state index in [2.05, 4.69) is 5.92 Å². The first-order chi connectivity index (χ1) is 7.40. The highest BCUT2D eigenvalue weighted by atomic mass is 19.4. The topological polar surface area (TPSA) is 26.3 Å². The molecule has 5 heteroatoms. The van der Waals surface area contributed by atoms with Crippen molar-refractivity contribution in [3.05, 3.63) is 0 Å². The molecule has 0 aromatic rings. The van der Waals surface area contributed by atoms with Crippen molar-refractivity contribution in [1.82, 2.24) is 0 Å². The number of carbonyl (C=O) groups excluding carboxylic acids is 1. The Balaban J connectivity index is 2.77. The van der Waals surface area contributed by atoms with Gasteiger partial charge >= 0.3 is 12.0 Å². The molecular formula is C11H13F3O2. The van der Waals surface area contributed by atoms with Gasteiger partial charge in [0.2, 0.25) is 0 Å². The average Bonchev–Trinajstić information content (AvgIpc) is 2.26. The molecular weight excluding hydrogens is 221 g/mol. The number of ketones is 1. The molecule has 1 rings (SSSR count). The molecule has 0 radical (unpaired) electrons. The van der Waals surface area contributed by atoms with Gasteiger partial charge in [-0.25, -0.2) is 0 Å². The predicted molar refractivity (Wildman–Crippen MR) is 51.7 cm³/mol. The zero-order chi connectivity index (χ0) is 12.2. The van der Waals surface area contributed by atoms with Crippen molar-refractivity contribution in [1.29, 1.82) is 0 Å². The second-order valence-corrected chi connectivity index (χ2v) is 3.84. The maximum atomic E-state index is 11.9. The van der Waals surface area contributed by atoms with Gasteiger partial charge in [0.05, 0.1) is 0 Å². The van der Waals surface area contributed by atoms with Gasteiger partial charge in [-0.3, -0.25) is 4.79 Å². The minimum absolute atomic E-state index is 0.585. The molecule has 0 bridgehead atoms. The Labute approximate surface area is 92.2 Å². The molecule has 1 fully saturated rings. The number of hydrogen-bond acceptors (Lipinski definition) is 2. The lowest BCUT2D eigenvalue weighted by Gasteiger charge is -2.30. The smallest absolute Gasteiger partial charge is 0.366 e. The van der Waals surface area contributed by atoms with Gasteiger partial charge in [-0.05, 0) is 31.6 Å². The minimum Gasteiger partial charge on any atom is -0.366 e. The van der Waals surface area contributed by atoms with Crippen LogP contribution in [0, 0.1) is 11.8 Å². The van der Waals surface area contributed by atoms with Crippen LogP contribution >= 0.6 is 0 Å². The van der Waals surface area contributed by atoms with Gasteiger partial charge in [0.1, 0.15) is 5.60 Å². The van der Waals surface area contributed by atoms with E-state index in [0.29, 0.717) is 12.8 Å². The Morgan fingerprint density at radius 3 is 2.25 bits per heavy atom. The fourth-order valence-corrected chi connectivity index (χ4v) is 1.74. The van der Waals surface area contributed by atoms with Gasteiger partial charge in [-0.1, -0.05) is 12.3 Å². The molecule has 0 aromatic carbocycles. The van der Waals surface area contributed by atoms with Crippen molar-refractivity contribution in [2.45, 2.75) is 43.9 Å². The summed E-state index contributed by atoms with van der Waals surface area (Å²) in [5, 5.41) is 0. The third-order valence-corrected chi connectivity index (χ3v) is 2.71. The normalized spacial score (nSPS) is 19.8. The molecule has 0 unspecified atom stereocenters. The summed E-state index contributed by atoms with van der Waals surface area (Å²) in [5.41, 5.74) is -0.862. The molecule has 0 saturated heterocycles. The van der Waals surface area contributed by atoms with Crippen LogP contribution < -0.4 is 0 Å². The number of halogens is 3. The van der Waals surface area contributed by atoms with E-state index in [-0.39, 0.29) is 0 Å². The number of Topliss-reactive ketones (excluding diaryl/α,β-unsaturated/α-hetero) is 1. The summed E-state index contributed by atoms with van der Waals surface area (Å²) in [6.45, 7) is 0. The van der Waals surface area contributed by atoms with Gasteiger partial charge in [-0.15, -0.1) is 0 Å². The first kappa shape index (κ1) is 13.0. The van der Waals surface area contributed by atoms with Gasteiger partial charge in [0.25, 0.3) is 0 Å². The predicted octanol–water partition coefficient (Wildman–Crippen LogP) is 2.47. The average molecular weight is 234 g/mol. The zero-order valence-corrected chi connectivity index (χ0v) is 8.99. The molecule has 0 aliphatic heterocycles. The Morgan fingerprint density at radius 1 is 1.25 bits per heavy atom. The molecule has 16 heavy (non-hydrogen) atoms. The van der Waals surface area contributed by atoms with E-state index in [1.807, 2.05) is 0 Å². The van der Waals surface area contributed by atoms with Crippen molar-refractivity contribution in [2.75, 3.05) is 7.11 Å². The second kappa shape index (κ2) is 4.88. The van der Waals surface area contributed by atoms with E-state index in [1.165, 1.54) is 7.11 Å². The maximum absolute atomic E-state index is 11.9. The first-order valence-electron chi connectivity index (χ1n) is 5.09. The van der Waals surface area contributed by atoms with Crippen LogP contribution in [0.3, 0.4) is 0 Å². The highest BCUT2D eigenvalue weighted by Gasteiger charge is 2.38. The summed E-state index contributed by atoms with van der Waals surface area (Å²) in [7, 11) is 1.41. The highest BCUT2D eigenvalue weighted by Crippen LogP contribution is 2.30. The van der Waals surface area contributed by atoms with Crippen molar-refractivity contribution in [2.24, 2.45) is 0 Å². The Hall–Kier alpha value is -1.02.